The molecule has 0 atom stereocenters. The molecule has 0 aliphatic heterocycles. The Balaban J connectivity index is 2.06. The van der Waals surface area contributed by atoms with E-state index in [2.05, 4.69) is 37.8 Å². The van der Waals surface area contributed by atoms with Crippen molar-refractivity contribution in [2.45, 2.75) is 45.6 Å². The molecular formula is C18H26O. The zero-order valence-corrected chi connectivity index (χ0v) is 12.1. The van der Waals surface area contributed by atoms with Gasteiger partial charge >= 0.3 is 0 Å². The zero-order valence-electron chi connectivity index (χ0n) is 12.1. The summed E-state index contributed by atoms with van der Waals surface area (Å²) in [7, 11) is 0. The number of allylic oxidation sites excluding steroid dienone is 1. The maximum absolute atomic E-state index is 5.63. The molecule has 0 aliphatic rings. The minimum absolute atomic E-state index is 0.611. The van der Waals surface area contributed by atoms with E-state index in [0.717, 1.165) is 12.0 Å². The molecule has 0 saturated heterocycles. The standard InChI is InChI=1S/C18H26O/c1-3-4-5-6-7-9-12-17(2)15-19-16-18-13-10-8-11-14-18/h8-14H,2-7,15-16H2,1H3/b12-9+. The first-order valence-electron chi connectivity index (χ1n) is 7.29. The van der Waals surface area contributed by atoms with Crippen molar-refractivity contribution in [3.63, 3.8) is 0 Å². The monoisotopic (exact) mass is 258 g/mol. The van der Waals surface area contributed by atoms with Crippen LogP contribution in [0.4, 0.5) is 0 Å². The third kappa shape index (κ3) is 8.39. The number of hydrogen-bond donors (Lipinski definition) is 0. The first-order valence-corrected chi connectivity index (χ1v) is 7.29. The molecule has 0 aromatic heterocycles. The highest BCUT2D eigenvalue weighted by atomic mass is 16.5. The van der Waals surface area contributed by atoms with E-state index < -0.39 is 0 Å². The van der Waals surface area contributed by atoms with E-state index in [9.17, 15) is 0 Å². The van der Waals surface area contributed by atoms with Crippen molar-refractivity contribution >= 4 is 0 Å². The Morgan fingerprint density at radius 3 is 2.68 bits per heavy atom. The lowest BCUT2D eigenvalue weighted by molar-refractivity contribution is 0.144. The summed E-state index contributed by atoms with van der Waals surface area (Å²) in [6, 6.07) is 10.2. The molecule has 0 saturated carbocycles. The van der Waals surface area contributed by atoms with Gasteiger partial charge in [-0.25, -0.2) is 0 Å². The van der Waals surface area contributed by atoms with E-state index in [1.165, 1.54) is 31.2 Å². The third-order valence-corrected chi connectivity index (χ3v) is 2.98. The van der Waals surface area contributed by atoms with Crippen LogP contribution in [0.2, 0.25) is 0 Å². The first-order chi connectivity index (χ1) is 9.33. The van der Waals surface area contributed by atoms with Gasteiger partial charge in [0.15, 0.2) is 0 Å². The quantitative estimate of drug-likeness (QED) is 0.409. The molecule has 0 aliphatic carbocycles. The minimum atomic E-state index is 0.611. The van der Waals surface area contributed by atoms with Crippen molar-refractivity contribution < 1.29 is 4.74 Å². The molecule has 1 aromatic carbocycles. The van der Waals surface area contributed by atoms with Crippen molar-refractivity contribution in [2.24, 2.45) is 0 Å². The molecule has 0 spiro atoms. The van der Waals surface area contributed by atoms with Crippen molar-refractivity contribution in [1.29, 1.82) is 0 Å². The fourth-order valence-corrected chi connectivity index (χ4v) is 1.86. The molecule has 19 heavy (non-hydrogen) atoms. The largest absolute Gasteiger partial charge is 0.372 e. The highest BCUT2D eigenvalue weighted by Gasteiger charge is 1.93. The Bertz CT molecular complexity index is 365. The van der Waals surface area contributed by atoms with Crippen molar-refractivity contribution in [3.8, 4) is 0 Å². The van der Waals surface area contributed by atoms with Gasteiger partial charge in [-0.2, -0.15) is 0 Å². The van der Waals surface area contributed by atoms with Crippen LogP contribution in [0.15, 0.2) is 54.6 Å². The molecule has 0 radical (unpaired) electrons. The van der Waals surface area contributed by atoms with Crippen LogP contribution in [0.1, 0.15) is 44.6 Å². The molecule has 0 amide bonds. The maximum Gasteiger partial charge on any atom is 0.0721 e. The van der Waals surface area contributed by atoms with Gasteiger partial charge in [-0.3, -0.25) is 0 Å². The smallest absolute Gasteiger partial charge is 0.0721 e. The van der Waals surface area contributed by atoms with Gasteiger partial charge in [0.25, 0.3) is 0 Å². The van der Waals surface area contributed by atoms with Crippen LogP contribution in [0.25, 0.3) is 0 Å². The van der Waals surface area contributed by atoms with Crippen molar-refractivity contribution in [3.05, 3.63) is 60.2 Å². The number of hydrogen-bond acceptors (Lipinski definition) is 1. The van der Waals surface area contributed by atoms with E-state index in [0.29, 0.717) is 13.2 Å². The number of benzene rings is 1. The van der Waals surface area contributed by atoms with Gasteiger partial charge in [-0.1, -0.05) is 75.2 Å². The highest BCUT2D eigenvalue weighted by Crippen LogP contribution is 2.06. The van der Waals surface area contributed by atoms with Gasteiger partial charge in [-0.05, 0) is 24.0 Å². The van der Waals surface area contributed by atoms with Crippen LogP contribution in [-0.2, 0) is 11.3 Å². The second-order valence-corrected chi connectivity index (χ2v) is 4.89. The van der Waals surface area contributed by atoms with Gasteiger partial charge < -0.3 is 4.74 Å². The van der Waals surface area contributed by atoms with E-state index in [-0.39, 0.29) is 0 Å². The molecule has 1 aromatic rings. The first kappa shape index (κ1) is 15.7. The van der Waals surface area contributed by atoms with Crippen LogP contribution < -0.4 is 0 Å². The molecule has 104 valence electrons. The summed E-state index contributed by atoms with van der Waals surface area (Å²) in [5.74, 6) is 0. The summed E-state index contributed by atoms with van der Waals surface area (Å²) >= 11 is 0. The Kier molecular flexibility index (Phi) is 8.74. The summed E-state index contributed by atoms with van der Waals surface area (Å²) in [5, 5.41) is 0. The van der Waals surface area contributed by atoms with E-state index in [1.54, 1.807) is 0 Å². The van der Waals surface area contributed by atoms with Crippen molar-refractivity contribution in [2.75, 3.05) is 6.61 Å². The summed E-state index contributed by atoms with van der Waals surface area (Å²) in [4.78, 5) is 0. The highest BCUT2D eigenvalue weighted by molar-refractivity contribution is 5.16. The molecule has 0 heterocycles. The van der Waals surface area contributed by atoms with E-state index in [1.807, 2.05) is 18.2 Å². The lowest BCUT2D eigenvalue weighted by Gasteiger charge is -2.04. The van der Waals surface area contributed by atoms with Gasteiger partial charge in [-0.15, -0.1) is 0 Å². The third-order valence-electron chi connectivity index (χ3n) is 2.98. The Morgan fingerprint density at radius 2 is 1.95 bits per heavy atom. The number of rotatable bonds is 10. The molecule has 1 rings (SSSR count). The predicted octanol–water partition coefficient (Wildman–Crippen LogP) is 5.29. The maximum atomic E-state index is 5.63. The summed E-state index contributed by atoms with van der Waals surface area (Å²) in [5.41, 5.74) is 2.25. The number of ether oxygens (including phenoxy) is 1. The Labute approximate surface area is 118 Å². The lowest BCUT2D eigenvalue weighted by atomic mass is 10.1. The fraction of sp³-hybridized carbons (Fsp3) is 0.444. The molecule has 0 N–H and O–H groups in total. The minimum Gasteiger partial charge on any atom is -0.372 e. The second-order valence-electron chi connectivity index (χ2n) is 4.89. The van der Waals surface area contributed by atoms with Gasteiger partial charge in [0.2, 0.25) is 0 Å². The molecule has 0 bridgehead atoms. The Morgan fingerprint density at radius 1 is 1.16 bits per heavy atom. The van der Waals surface area contributed by atoms with E-state index >= 15 is 0 Å². The predicted molar refractivity (Wildman–Crippen MR) is 83.1 cm³/mol. The van der Waals surface area contributed by atoms with Gasteiger partial charge in [0.05, 0.1) is 13.2 Å². The van der Waals surface area contributed by atoms with Crippen LogP contribution in [0.3, 0.4) is 0 Å². The molecular weight excluding hydrogens is 232 g/mol. The molecule has 0 fully saturated rings. The molecule has 1 heteroatoms. The van der Waals surface area contributed by atoms with Crippen LogP contribution in [0, 0.1) is 0 Å². The zero-order chi connectivity index (χ0) is 13.8. The van der Waals surface area contributed by atoms with Gasteiger partial charge in [0, 0.05) is 0 Å². The fourth-order valence-electron chi connectivity index (χ4n) is 1.86. The second kappa shape index (κ2) is 10.6. The van der Waals surface area contributed by atoms with Crippen LogP contribution in [-0.4, -0.2) is 6.61 Å². The average molecular weight is 258 g/mol. The van der Waals surface area contributed by atoms with Crippen LogP contribution >= 0.6 is 0 Å². The lowest BCUT2D eigenvalue weighted by Crippen LogP contribution is -1.96. The average Bonchev–Trinajstić information content (AvgIpc) is 2.44. The van der Waals surface area contributed by atoms with Crippen LogP contribution in [0.5, 0.6) is 0 Å². The topological polar surface area (TPSA) is 9.23 Å². The SMILES string of the molecule is C=C(/C=C/CCCCCC)COCc1ccccc1. The Hall–Kier alpha value is -1.34. The normalized spacial score (nSPS) is 11.0. The summed E-state index contributed by atoms with van der Waals surface area (Å²) < 4.78 is 5.63. The molecule has 0 unspecified atom stereocenters. The number of unbranched alkanes of at least 4 members (excludes halogenated alkanes) is 4. The summed E-state index contributed by atoms with van der Waals surface area (Å²) in [6.07, 6.45) is 10.7. The van der Waals surface area contributed by atoms with E-state index in [4.69, 9.17) is 4.74 Å². The molecule has 1 nitrogen and oxygen atoms in total. The van der Waals surface area contributed by atoms with Gasteiger partial charge in [0.1, 0.15) is 0 Å². The van der Waals surface area contributed by atoms with Crippen molar-refractivity contribution in [1.82, 2.24) is 0 Å². The summed E-state index contributed by atoms with van der Waals surface area (Å²) in [6.45, 7) is 7.51.